The zero-order valence-corrected chi connectivity index (χ0v) is 11.1. The average molecular weight is 223 g/mol. The number of hydrogen-bond acceptors (Lipinski definition) is 1. The van der Waals surface area contributed by atoms with Crippen molar-refractivity contribution in [3.8, 4) is 0 Å². The number of likely N-dealkylation sites (tertiary alicyclic amines) is 1. The standard InChI is InChI=1S/C15H29N/c1-2-3-10-15(11-6-4-7-12-15)16-13-8-5-9-14-16/h2-14H2,1H3. The van der Waals surface area contributed by atoms with E-state index < -0.39 is 0 Å². The Morgan fingerprint density at radius 2 is 1.50 bits per heavy atom. The van der Waals surface area contributed by atoms with Crippen molar-refractivity contribution in [2.24, 2.45) is 0 Å². The van der Waals surface area contributed by atoms with Gasteiger partial charge in [-0.3, -0.25) is 4.90 Å². The molecule has 1 nitrogen and oxygen atoms in total. The van der Waals surface area contributed by atoms with Crippen molar-refractivity contribution in [1.82, 2.24) is 4.90 Å². The second kappa shape index (κ2) is 6.05. The van der Waals surface area contributed by atoms with Crippen LogP contribution < -0.4 is 0 Å². The molecule has 0 aromatic rings. The Balaban J connectivity index is 1.99. The van der Waals surface area contributed by atoms with Crippen LogP contribution in [0, 0.1) is 0 Å². The summed E-state index contributed by atoms with van der Waals surface area (Å²) in [6, 6.07) is 0. The lowest BCUT2D eigenvalue weighted by atomic mass is 9.76. The van der Waals surface area contributed by atoms with Crippen LogP contribution in [0.5, 0.6) is 0 Å². The smallest absolute Gasteiger partial charge is 0.0209 e. The molecule has 1 saturated heterocycles. The molecule has 1 aliphatic heterocycles. The summed E-state index contributed by atoms with van der Waals surface area (Å²) in [5, 5.41) is 0. The first-order valence-corrected chi connectivity index (χ1v) is 7.62. The highest BCUT2D eigenvalue weighted by molar-refractivity contribution is 4.93. The van der Waals surface area contributed by atoms with Gasteiger partial charge in [0.25, 0.3) is 0 Å². The Labute approximate surface area is 102 Å². The molecule has 1 heteroatoms. The van der Waals surface area contributed by atoms with E-state index >= 15 is 0 Å². The number of nitrogens with zero attached hydrogens (tertiary/aromatic N) is 1. The molecule has 0 N–H and O–H groups in total. The minimum absolute atomic E-state index is 0.634. The summed E-state index contributed by atoms with van der Waals surface area (Å²) >= 11 is 0. The predicted molar refractivity (Wildman–Crippen MR) is 70.8 cm³/mol. The number of unbranched alkanes of at least 4 members (excludes halogenated alkanes) is 1. The van der Waals surface area contributed by atoms with E-state index in [2.05, 4.69) is 11.8 Å². The third-order valence-corrected chi connectivity index (χ3v) is 4.81. The molecular weight excluding hydrogens is 194 g/mol. The molecule has 0 amide bonds. The fraction of sp³-hybridized carbons (Fsp3) is 1.00. The van der Waals surface area contributed by atoms with Crippen LogP contribution in [0.3, 0.4) is 0 Å². The van der Waals surface area contributed by atoms with Gasteiger partial charge in [-0.1, -0.05) is 45.4 Å². The van der Waals surface area contributed by atoms with Gasteiger partial charge in [0.15, 0.2) is 0 Å². The molecular formula is C15H29N. The van der Waals surface area contributed by atoms with Crippen LogP contribution >= 0.6 is 0 Å². The quantitative estimate of drug-likeness (QED) is 0.684. The highest BCUT2D eigenvalue weighted by Gasteiger charge is 2.37. The molecule has 0 radical (unpaired) electrons. The lowest BCUT2D eigenvalue weighted by molar-refractivity contribution is 0.0248. The zero-order valence-electron chi connectivity index (χ0n) is 11.1. The van der Waals surface area contributed by atoms with Gasteiger partial charge >= 0.3 is 0 Å². The molecule has 0 spiro atoms. The Morgan fingerprint density at radius 1 is 0.875 bits per heavy atom. The maximum atomic E-state index is 2.88. The molecule has 2 fully saturated rings. The van der Waals surface area contributed by atoms with Gasteiger partial charge in [0.1, 0.15) is 0 Å². The predicted octanol–water partition coefficient (Wildman–Crippen LogP) is 4.37. The highest BCUT2D eigenvalue weighted by atomic mass is 15.2. The molecule has 1 aliphatic carbocycles. The van der Waals surface area contributed by atoms with E-state index in [0.717, 1.165) is 0 Å². The van der Waals surface area contributed by atoms with Crippen LogP contribution in [0.1, 0.15) is 77.6 Å². The van der Waals surface area contributed by atoms with Gasteiger partial charge in [-0.2, -0.15) is 0 Å². The number of piperidine rings is 1. The molecule has 94 valence electrons. The Bertz CT molecular complexity index is 188. The van der Waals surface area contributed by atoms with E-state index in [-0.39, 0.29) is 0 Å². The van der Waals surface area contributed by atoms with Gasteiger partial charge in [-0.05, 0) is 45.2 Å². The van der Waals surface area contributed by atoms with Crippen LogP contribution in [0.25, 0.3) is 0 Å². The molecule has 0 aromatic heterocycles. The number of hydrogen-bond donors (Lipinski definition) is 0. The monoisotopic (exact) mass is 223 g/mol. The van der Waals surface area contributed by atoms with Crippen molar-refractivity contribution in [3.63, 3.8) is 0 Å². The minimum Gasteiger partial charge on any atom is -0.298 e. The molecule has 0 unspecified atom stereocenters. The van der Waals surface area contributed by atoms with E-state index in [0.29, 0.717) is 5.54 Å². The zero-order chi connectivity index (χ0) is 11.3. The summed E-state index contributed by atoms with van der Waals surface area (Å²) in [7, 11) is 0. The second-order valence-electron chi connectivity index (χ2n) is 5.94. The van der Waals surface area contributed by atoms with Crippen molar-refractivity contribution < 1.29 is 0 Å². The maximum Gasteiger partial charge on any atom is 0.0209 e. The van der Waals surface area contributed by atoms with Gasteiger partial charge in [-0.15, -0.1) is 0 Å². The van der Waals surface area contributed by atoms with Crippen LogP contribution in [-0.2, 0) is 0 Å². The summed E-state index contributed by atoms with van der Waals surface area (Å²) in [6.07, 6.45) is 16.1. The first kappa shape index (κ1) is 12.4. The van der Waals surface area contributed by atoms with Crippen molar-refractivity contribution in [2.45, 2.75) is 83.1 Å². The van der Waals surface area contributed by atoms with Crippen LogP contribution in [0.4, 0.5) is 0 Å². The van der Waals surface area contributed by atoms with Crippen molar-refractivity contribution >= 4 is 0 Å². The first-order valence-electron chi connectivity index (χ1n) is 7.62. The Hall–Kier alpha value is -0.0400. The van der Waals surface area contributed by atoms with E-state index in [4.69, 9.17) is 0 Å². The van der Waals surface area contributed by atoms with Crippen LogP contribution in [0.2, 0.25) is 0 Å². The molecule has 0 aromatic carbocycles. The molecule has 2 aliphatic rings. The van der Waals surface area contributed by atoms with E-state index in [1.165, 1.54) is 83.7 Å². The molecule has 2 rings (SSSR count). The summed E-state index contributed by atoms with van der Waals surface area (Å²) < 4.78 is 0. The lowest BCUT2D eigenvalue weighted by Crippen LogP contribution is -2.52. The SMILES string of the molecule is CCCCC1(N2CCCCC2)CCCCC1. The molecule has 0 atom stereocenters. The second-order valence-corrected chi connectivity index (χ2v) is 5.94. The van der Waals surface area contributed by atoms with Crippen molar-refractivity contribution in [1.29, 1.82) is 0 Å². The fourth-order valence-electron chi connectivity index (χ4n) is 3.81. The van der Waals surface area contributed by atoms with Crippen LogP contribution in [-0.4, -0.2) is 23.5 Å². The fourth-order valence-corrected chi connectivity index (χ4v) is 3.81. The summed E-state index contributed by atoms with van der Waals surface area (Å²) in [5.74, 6) is 0. The first-order chi connectivity index (χ1) is 7.87. The highest BCUT2D eigenvalue weighted by Crippen LogP contribution is 2.39. The Morgan fingerprint density at radius 3 is 2.12 bits per heavy atom. The van der Waals surface area contributed by atoms with Gasteiger partial charge in [-0.25, -0.2) is 0 Å². The molecule has 0 bridgehead atoms. The van der Waals surface area contributed by atoms with Gasteiger partial charge in [0.2, 0.25) is 0 Å². The topological polar surface area (TPSA) is 3.24 Å². The summed E-state index contributed by atoms with van der Waals surface area (Å²) in [4.78, 5) is 2.88. The Kier molecular flexibility index (Phi) is 4.69. The average Bonchev–Trinajstić information content (AvgIpc) is 2.38. The minimum atomic E-state index is 0.634. The number of rotatable bonds is 4. The molecule has 16 heavy (non-hydrogen) atoms. The van der Waals surface area contributed by atoms with Crippen molar-refractivity contribution in [2.75, 3.05) is 13.1 Å². The van der Waals surface area contributed by atoms with Gasteiger partial charge in [0.05, 0.1) is 0 Å². The van der Waals surface area contributed by atoms with Gasteiger partial charge < -0.3 is 0 Å². The van der Waals surface area contributed by atoms with Crippen molar-refractivity contribution in [3.05, 3.63) is 0 Å². The normalized spacial score (nSPS) is 26.8. The van der Waals surface area contributed by atoms with E-state index in [9.17, 15) is 0 Å². The van der Waals surface area contributed by atoms with E-state index in [1.54, 1.807) is 0 Å². The third kappa shape index (κ3) is 2.80. The largest absolute Gasteiger partial charge is 0.298 e. The lowest BCUT2D eigenvalue weighted by Gasteiger charge is -2.48. The molecule has 1 saturated carbocycles. The summed E-state index contributed by atoms with van der Waals surface area (Å²) in [5.41, 5.74) is 0.634. The maximum absolute atomic E-state index is 2.88. The third-order valence-electron chi connectivity index (χ3n) is 4.81. The van der Waals surface area contributed by atoms with E-state index in [1.807, 2.05) is 0 Å². The molecule has 1 heterocycles. The van der Waals surface area contributed by atoms with Gasteiger partial charge in [0, 0.05) is 5.54 Å². The van der Waals surface area contributed by atoms with Crippen LogP contribution in [0.15, 0.2) is 0 Å². The summed E-state index contributed by atoms with van der Waals surface area (Å²) in [6.45, 7) is 5.13.